The van der Waals surface area contributed by atoms with E-state index in [0.29, 0.717) is 13.2 Å². The number of nitrogens with zero attached hydrogens (tertiary/aromatic N) is 1. The molecule has 0 radical (unpaired) electrons. The fraction of sp³-hybridized carbons (Fsp3) is 0.875. The van der Waals surface area contributed by atoms with Gasteiger partial charge >= 0.3 is 17.9 Å². The quantitative estimate of drug-likeness (QED) is 0.145. The van der Waals surface area contributed by atoms with E-state index in [4.69, 9.17) is 14.2 Å². The Morgan fingerprint density at radius 1 is 0.516 bits per heavy atom. The van der Waals surface area contributed by atoms with E-state index >= 15 is 0 Å². The van der Waals surface area contributed by atoms with Crippen molar-refractivity contribution in [2.45, 2.75) is 97.8 Å². The van der Waals surface area contributed by atoms with E-state index in [9.17, 15) is 14.4 Å². The maximum absolute atomic E-state index is 12.1. The first-order valence-electron chi connectivity index (χ1n) is 12.2. The van der Waals surface area contributed by atoms with Gasteiger partial charge in [0.2, 0.25) is 0 Å². The van der Waals surface area contributed by atoms with Crippen molar-refractivity contribution in [3.8, 4) is 0 Å². The zero-order valence-electron chi connectivity index (χ0n) is 20.1. The Hall–Kier alpha value is -1.63. The average Bonchev–Trinajstić information content (AvgIpc) is 2.72. The van der Waals surface area contributed by atoms with Crippen LogP contribution in [0.3, 0.4) is 0 Å². The summed E-state index contributed by atoms with van der Waals surface area (Å²) in [5, 5.41) is 0. The van der Waals surface area contributed by atoms with Gasteiger partial charge in [0, 0.05) is 0 Å². The summed E-state index contributed by atoms with van der Waals surface area (Å²) in [6.07, 6.45) is 13.3. The third kappa shape index (κ3) is 20.0. The molecule has 31 heavy (non-hydrogen) atoms. The maximum Gasteiger partial charge on any atom is 0.320 e. The molecule has 182 valence electrons. The lowest BCUT2D eigenvalue weighted by Gasteiger charge is -2.19. The van der Waals surface area contributed by atoms with Crippen molar-refractivity contribution < 1.29 is 28.6 Å². The molecule has 0 N–H and O–H groups in total. The number of unbranched alkanes of at least 4 members (excludes halogenated alkanes) is 10. The van der Waals surface area contributed by atoms with Crippen LogP contribution in [0, 0.1) is 0 Å². The van der Waals surface area contributed by atoms with E-state index in [0.717, 1.165) is 38.5 Å². The largest absolute Gasteiger partial charge is 0.465 e. The molecule has 0 amide bonds. The highest BCUT2D eigenvalue weighted by atomic mass is 16.5. The lowest BCUT2D eigenvalue weighted by Crippen LogP contribution is -2.40. The molecule has 0 aromatic heterocycles. The molecular weight excluding hydrogens is 398 g/mol. The van der Waals surface area contributed by atoms with Gasteiger partial charge in [-0.05, 0) is 19.8 Å². The van der Waals surface area contributed by atoms with Gasteiger partial charge in [-0.2, -0.15) is 0 Å². The van der Waals surface area contributed by atoms with Crippen molar-refractivity contribution in [3.63, 3.8) is 0 Å². The molecule has 7 nitrogen and oxygen atoms in total. The molecule has 0 aliphatic rings. The fourth-order valence-corrected chi connectivity index (χ4v) is 3.15. The van der Waals surface area contributed by atoms with Crippen LogP contribution >= 0.6 is 0 Å². The molecule has 0 aromatic rings. The van der Waals surface area contributed by atoms with Gasteiger partial charge in [0.1, 0.15) is 0 Å². The molecule has 0 saturated heterocycles. The van der Waals surface area contributed by atoms with Gasteiger partial charge in [-0.1, -0.05) is 78.1 Å². The number of ether oxygens (including phenoxy) is 3. The molecule has 0 rings (SSSR count). The Morgan fingerprint density at radius 2 is 0.871 bits per heavy atom. The van der Waals surface area contributed by atoms with Crippen LogP contribution in [0.4, 0.5) is 0 Å². The Kier molecular flexibility index (Phi) is 20.5. The lowest BCUT2D eigenvalue weighted by atomic mass is 10.1. The van der Waals surface area contributed by atoms with Gasteiger partial charge in [0.05, 0.1) is 39.5 Å². The number of hydrogen-bond donors (Lipinski definition) is 0. The minimum Gasteiger partial charge on any atom is -0.465 e. The molecule has 0 aliphatic carbocycles. The first kappa shape index (κ1) is 29.4. The Bertz CT molecular complexity index is 437. The SMILES string of the molecule is CCCCCCCCOC(=O)CN(CC(=O)OCC)CC(=O)OCCCCCCCC. The van der Waals surface area contributed by atoms with E-state index in [1.54, 1.807) is 6.92 Å². The number of hydrogen-bond acceptors (Lipinski definition) is 7. The van der Waals surface area contributed by atoms with Crippen LogP contribution in [-0.2, 0) is 28.6 Å². The number of carbonyl (C=O) groups excluding carboxylic acids is 3. The molecule has 0 fully saturated rings. The zero-order chi connectivity index (χ0) is 23.2. The highest BCUT2D eigenvalue weighted by Crippen LogP contribution is 2.06. The molecular formula is C24H45NO6. The van der Waals surface area contributed by atoms with E-state index in [1.807, 2.05) is 0 Å². The minimum absolute atomic E-state index is 0.138. The van der Waals surface area contributed by atoms with Crippen molar-refractivity contribution in [2.75, 3.05) is 39.5 Å². The highest BCUT2D eigenvalue weighted by molar-refractivity contribution is 5.78. The van der Waals surface area contributed by atoms with E-state index in [-0.39, 0.29) is 26.2 Å². The molecule has 0 atom stereocenters. The monoisotopic (exact) mass is 443 g/mol. The third-order valence-corrected chi connectivity index (χ3v) is 4.89. The van der Waals surface area contributed by atoms with Crippen LogP contribution < -0.4 is 0 Å². The Labute approximate surface area is 189 Å². The topological polar surface area (TPSA) is 82.1 Å². The van der Waals surface area contributed by atoms with Crippen LogP contribution in [0.1, 0.15) is 97.8 Å². The molecule has 0 bridgehead atoms. The summed E-state index contributed by atoms with van der Waals surface area (Å²) >= 11 is 0. The molecule has 0 aromatic carbocycles. The summed E-state index contributed by atoms with van der Waals surface area (Å²) in [7, 11) is 0. The van der Waals surface area contributed by atoms with Crippen molar-refractivity contribution in [3.05, 3.63) is 0 Å². The van der Waals surface area contributed by atoms with Gasteiger partial charge in [-0.15, -0.1) is 0 Å². The predicted octanol–water partition coefficient (Wildman–Crippen LogP) is 4.66. The Balaban J connectivity index is 4.21. The van der Waals surface area contributed by atoms with Crippen LogP contribution in [0.2, 0.25) is 0 Å². The molecule has 0 heterocycles. The normalized spacial score (nSPS) is 10.8. The first-order valence-corrected chi connectivity index (χ1v) is 12.2. The predicted molar refractivity (Wildman–Crippen MR) is 122 cm³/mol. The van der Waals surface area contributed by atoms with Gasteiger partial charge < -0.3 is 14.2 Å². The van der Waals surface area contributed by atoms with Crippen LogP contribution in [0.5, 0.6) is 0 Å². The third-order valence-electron chi connectivity index (χ3n) is 4.89. The summed E-state index contributed by atoms with van der Waals surface area (Å²) in [6, 6.07) is 0. The highest BCUT2D eigenvalue weighted by Gasteiger charge is 2.20. The summed E-state index contributed by atoms with van der Waals surface area (Å²) in [5.74, 6) is -1.36. The minimum atomic E-state index is -0.477. The van der Waals surface area contributed by atoms with Gasteiger partial charge in [-0.3, -0.25) is 19.3 Å². The zero-order valence-corrected chi connectivity index (χ0v) is 20.1. The van der Waals surface area contributed by atoms with Gasteiger partial charge in [-0.25, -0.2) is 0 Å². The van der Waals surface area contributed by atoms with Crippen LogP contribution in [0.25, 0.3) is 0 Å². The van der Waals surface area contributed by atoms with Crippen molar-refractivity contribution in [1.29, 1.82) is 0 Å². The number of esters is 3. The fourth-order valence-electron chi connectivity index (χ4n) is 3.15. The summed E-state index contributed by atoms with van der Waals surface area (Å²) < 4.78 is 15.5. The summed E-state index contributed by atoms with van der Waals surface area (Å²) in [5.41, 5.74) is 0. The van der Waals surface area contributed by atoms with E-state index < -0.39 is 17.9 Å². The van der Waals surface area contributed by atoms with E-state index in [1.165, 1.54) is 43.4 Å². The van der Waals surface area contributed by atoms with Crippen molar-refractivity contribution in [1.82, 2.24) is 4.90 Å². The average molecular weight is 444 g/mol. The number of carbonyl (C=O) groups is 3. The summed E-state index contributed by atoms with van der Waals surface area (Å²) in [4.78, 5) is 37.5. The lowest BCUT2D eigenvalue weighted by molar-refractivity contribution is -0.151. The maximum atomic E-state index is 12.1. The molecule has 0 spiro atoms. The molecule has 0 saturated carbocycles. The standard InChI is InChI=1S/C24H45NO6/c1-4-7-9-11-13-15-17-30-23(27)20-25(19-22(26)29-6-3)21-24(28)31-18-16-14-12-10-8-5-2/h4-21H2,1-3H3. The Morgan fingerprint density at radius 3 is 1.26 bits per heavy atom. The van der Waals surface area contributed by atoms with Gasteiger partial charge in [0.25, 0.3) is 0 Å². The molecule has 0 unspecified atom stereocenters. The first-order chi connectivity index (χ1) is 15.0. The second kappa shape index (κ2) is 21.6. The van der Waals surface area contributed by atoms with Crippen molar-refractivity contribution >= 4 is 17.9 Å². The van der Waals surface area contributed by atoms with Crippen molar-refractivity contribution in [2.24, 2.45) is 0 Å². The van der Waals surface area contributed by atoms with Gasteiger partial charge in [0.15, 0.2) is 0 Å². The smallest absolute Gasteiger partial charge is 0.320 e. The second-order valence-electron chi connectivity index (χ2n) is 7.93. The number of rotatable bonds is 21. The second-order valence-corrected chi connectivity index (χ2v) is 7.93. The van der Waals surface area contributed by atoms with Crippen LogP contribution in [0.15, 0.2) is 0 Å². The molecule has 0 aliphatic heterocycles. The van der Waals surface area contributed by atoms with E-state index in [2.05, 4.69) is 13.8 Å². The van der Waals surface area contributed by atoms with Crippen LogP contribution in [-0.4, -0.2) is 62.3 Å². The molecule has 7 heteroatoms. The summed E-state index contributed by atoms with van der Waals surface area (Å²) in [6.45, 7) is 6.61.